The van der Waals surface area contributed by atoms with Gasteiger partial charge in [-0.3, -0.25) is 4.79 Å². The molecule has 0 radical (unpaired) electrons. The lowest BCUT2D eigenvalue weighted by Gasteiger charge is -2.12. The molecule has 0 unspecified atom stereocenters. The Morgan fingerprint density at radius 3 is 2.65 bits per heavy atom. The predicted octanol–water partition coefficient (Wildman–Crippen LogP) is 2.93. The Hall–Kier alpha value is -1.22. The standard InChI is InChI=1S/C13H18ClNO2/c1-8(2)13(16)15-7-10-6-11(14)9(3)5-12(10)17-4/h5-6,8H,7H2,1-4H3,(H,15,16). The number of benzene rings is 1. The Balaban J connectivity index is 2.83. The second-order valence-electron chi connectivity index (χ2n) is 4.29. The van der Waals surface area contributed by atoms with Crippen LogP contribution in [0.25, 0.3) is 0 Å². The summed E-state index contributed by atoms with van der Waals surface area (Å²) in [6.45, 7) is 6.06. The van der Waals surface area contributed by atoms with Gasteiger partial charge in [0.05, 0.1) is 7.11 Å². The number of carbonyl (C=O) groups is 1. The first-order chi connectivity index (χ1) is 7.95. The molecule has 0 bridgehead atoms. The van der Waals surface area contributed by atoms with Gasteiger partial charge in [0.25, 0.3) is 0 Å². The molecule has 0 aliphatic rings. The Kier molecular flexibility index (Phi) is 4.82. The smallest absolute Gasteiger partial charge is 0.222 e. The topological polar surface area (TPSA) is 38.3 Å². The zero-order chi connectivity index (χ0) is 13.0. The van der Waals surface area contributed by atoms with E-state index in [1.807, 2.05) is 32.9 Å². The SMILES string of the molecule is COc1cc(C)c(Cl)cc1CNC(=O)C(C)C. The number of amides is 1. The Morgan fingerprint density at radius 2 is 2.12 bits per heavy atom. The largest absolute Gasteiger partial charge is 0.496 e. The molecule has 1 aromatic carbocycles. The molecular weight excluding hydrogens is 238 g/mol. The van der Waals surface area contributed by atoms with Crippen molar-refractivity contribution in [2.75, 3.05) is 7.11 Å². The van der Waals surface area contributed by atoms with Gasteiger partial charge in [0.1, 0.15) is 5.75 Å². The average Bonchev–Trinajstić information content (AvgIpc) is 2.29. The maximum Gasteiger partial charge on any atom is 0.222 e. The minimum absolute atomic E-state index is 0.0174. The highest BCUT2D eigenvalue weighted by atomic mass is 35.5. The number of hydrogen-bond acceptors (Lipinski definition) is 2. The van der Waals surface area contributed by atoms with Gasteiger partial charge in [-0.05, 0) is 24.6 Å². The van der Waals surface area contributed by atoms with Gasteiger partial charge in [-0.1, -0.05) is 25.4 Å². The van der Waals surface area contributed by atoms with E-state index in [-0.39, 0.29) is 11.8 Å². The molecule has 1 N–H and O–H groups in total. The molecule has 0 saturated heterocycles. The first-order valence-corrected chi connectivity index (χ1v) is 5.94. The summed E-state index contributed by atoms with van der Waals surface area (Å²) < 4.78 is 5.26. The fourth-order valence-electron chi connectivity index (χ4n) is 1.41. The quantitative estimate of drug-likeness (QED) is 0.898. The summed E-state index contributed by atoms with van der Waals surface area (Å²) in [5.41, 5.74) is 1.85. The summed E-state index contributed by atoms with van der Waals surface area (Å²) in [7, 11) is 1.61. The summed E-state index contributed by atoms with van der Waals surface area (Å²) in [4.78, 5) is 11.5. The summed E-state index contributed by atoms with van der Waals surface area (Å²) in [6.07, 6.45) is 0. The number of rotatable bonds is 4. The summed E-state index contributed by atoms with van der Waals surface area (Å²) in [6, 6.07) is 3.70. The van der Waals surface area contributed by atoms with E-state index in [1.54, 1.807) is 7.11 Å². The monoisotopic (exact) mass is 255 g/mol. The lowest BCUT2D eigenvalue weighted by atomic mass is 10.1. The Labute approximate surface area is 107 Å². The van der Waals surface area contributed by atoms with Crippen molar-refractivity contribution in [3.63, 3.8) is 0 Å². The van der Waals surface area contributed by atoms with Crippen molar-refractivity contribution in [2.45, 2.75) is 27.3 Å². The number of hydrogen-bond donors (Lipinski definition) is 1. The van der Waals surface area contributed by atoms with Gasteiger partial charge >= 0.3 is 0 Å². The van der Waals surface area contributed by atoms with Gasteiger partial charge in [0.15, 0.2) is 0 Å². The molecular formula is C13H18ClNO2. The maximum atomic E-state index is 11.5. The van der Waals surface area contributed by atoms with Crippen LogP contribution >= 0.6 is 11.6 Å². The lowest BCUT2D eigenvalue weighted by molar-refractivity contribution is -0.124. The van der Waals surface area contributed by atoms with Crippen LogP contribution in [0.15, 0.2) is 12.1 Å². The van der Waals surface area contributed by atoms with Crippen LogP contribution in [0.1, 0.15) is 25.0 Å². The molecule has 17 heavy (non-hydrogen) atoms. The Bertz CT molecular complexity index is 416. The van der Waals surface area contributed by atoms with E-state index in [1.165, 1.54) is 0 Å². The average molecular weight is 256 g/mol. The van der Waals surface area contributed by atoms with E-state index < -0.39 is 0 Å². The molecule has 3 nitrogen and oxygen atoms in total. The Morgan fingerprint density at radius 1 is 1.47 bits per heavy atom. The minimum atomic E-state index is -0.0260. The lowest BCUT2D eigenvalue weighted by Crippen LogP contribution is -2.27. The molecule has 0 spiro atoms. The first-order valence-electron chi connectivity index (χ1n) is 5.56. The third-order valence-corrected chi connectivity index (χ3v) is 2.95. The number of carbonyl (C=O) groups excluding carboxylic acids is 1. The molecule has 0 heterocycles. The van der Waals surface area contributed by atoms with E-state index >= 15 is 0 Å². The third kappa shape index (κ3) is 3.63. The molecule has 1 amide bonds. The molecule has 0 fully saturated rings. The van der Waals surface area contributed by atoms with Gasteiger partial charge in [-0.25, -0.2) is 0 Å². The van der Waals surface area contributed by atoms with Crippen molar-refractivity contribution in [1.29, 1.82) is 0 Å². The fraction of sp³-hybridized carbons (Fsp3) is 0.462. The molecule has 4 heteroatoms. The number of ether oxygens (including phenoxy) is 1. The van der Waals surface area contributed by atoms with Gasteiger partial charge < -0.3 is 10.1 Å². The number of methoxy groups -OCH3 is 1. The fourth-order valence-corrected chi connectivity index (χ4v) is 1.60. The van der Waals surface area contributed by atoms with Crippen LogP contribution in [0.2, 0.25) is 5.02 Å². The van der Waals surface area contributed by atoms with E-state index in [2.05, 4.69) is 5.32 Å². The highest BCUT2D eigenvalue weighted by molar-refractivity contribution is 6.31. The van der Waals surface area contributed by atoms with Crippen LogP contribution in [0.4, 0.5) is 0 Å². The van der Waals surface area contributed by atoms with Crippen LogP contribution < -0.4 is 10.1 Å². The van der Waals surface area contributed by atoms with Gasteiger partial charge in [0.2, 0.25) is 5.91 Å². The third-order valence-electron chi connectivity index (χ3n) is 2.54. The van der Waals surface area contributed by atoms with Crippen molar-refractivity contribution >= 4 is 17.5 Å². The number of nitrogens with one attached hydrogen (secondary N) is 1. The van der Waals surface area contributed by atoms with Crippen molar-refractivity contribution in [3.8, 4) is 5.75 Å². The van der Waals surface area contributed by atoms with Crippen molar-refractivity contribution in [2.24, 2.45) is 5.92 Å². The van der Waals surface area contributed by atoms with Gasteiger partial charge in [-0.15, -0.1) is 0 Å². The van der Waals surface area contributed by atoms with Crippen LogP contribution in [0.3, 0.4) is 0 Å². The maximum absolute atomic E-state index is 11.5. The van der Waals surface area contributed by atoms with Crippen LogP contribution in [-0.2, 0) is 11.3 Å². The zero-order valence-electron chi connectivity index (χ0n) is 10.6. The summed E-state index contributed by atoms with van der Waals surface area (Å²) >= 11 is 6.05. The number of halogens is 1. The molecule has 0 saturated carbocycles. The van der Waals surface area contributed by atoms with Crippen LogP contribution in [0.5, 0.6) is 5.75 Å². The minimum Gasteiger partial charge on any atom is -0.496 e. The first kappa shape index (κ1) is 13.8. The van der Waals surface area contributed by atoms with E-state index in [4.69, 9.17) is 16.3 Å². The number of aryl methyl sites for hydroxylation is 1. The zero-order valence-corrected chi connectivity index (χ0v) is 11.4. The van der Waals surface area contributed by atoms with E-state index in [0.29, 0.717) is 11.6 Å². The van der Waals surface area contributed by atoms with Crippen molar-refractivity contribution in [3.05, 3.63) is 28.3 Å². The highest BCUT2D eigenvalue weighted by Crippen LogP contribution is 2.26. The van der Waals surface area contributed by atoms with Crippen LogP contribution in [0, 0.1) is 12.8 Å². The molecule has 1 rings (SSSR count). The van der Waals surface area contributed by atoms with Crippen molar-refractivity contribution in [1.82, 2.24) is 5.32 Å². The van der Waals surface area contributed by atoms with Gasteiger partial charge in [-0.2, -0.15) is 0 Å². The van der Waals surface area contributed by atoms with E-state index in [9.17, 15) is 4.79 Å². The van der Waals surface area contributed by atoms with E-state index in [0.717, 1.165) is 16.9 Å². The molecule has 0 atom stereocenters. The molecule has 0 aromatic heterocycles. The van der Waals surface area contributed by atoms with Crippen molar-refractivity contribution < 1.29 is 9.53 Å². The second kappa shape index (κ2) is 5.92. The van der Waals surface area contributed by atoms with Crippen LogP contribution in [-0.4, -0.2) is 13.0 Å². The second-order valence-corrected chi connectivity index (χ2v) is 4.69. The summed E-state index contributed by atoms with van der Waals surface area (Å²) in [5, 5.41) is 3.52. The predicted molar refractivity (Wildman–Crippen MR) is 69.4 cm³/mol. The highest BCUT2D eigenvalue weighted by Gasteiger charge is 2.10. The molecule has 94 valence electrons. The molecule has 0 aliphatic heterocycles. The molecule has 0 aliphatic carbocycles. The molecule has 1 aromatic rings. The van der Waals surface area contributed by atoms with Gasteiger partial charge in [0, 0.05) is 23.0 Å². The summed E-state index contributed by atoms with van der Waals surface area (Å²) in [5.74, 6) is 0.738. The normalized spacial score (nSPS) is 10.5.